The largest absolute Gasteiger partial charge is 0.379 e. The molecule has 78 valence electrons. The van der Waals surface area contributed by atoms with Gasteiger partial charge in [0.25, 0.3) is 0 Å². The van der Waals surface area contributed by atoms with E-state index in [-0.39, 0.29) is 9.52 Å². The Morgan fingerprint density at radius 2 is 2.15 bits per heavy atom. The van der Waals surface area contributed by atoms with Crippen LogP contribution < -0.4 is 0 Å². The van der Waals surface area contributed by atoms with Gasteiger partial charge in [0.2, 0.25) is 0 Å². The van der Waals surface area contributed by atoms with Crippen LogP contribution in [0.5, 0.6) is 0 Å². The summed E-state index contributed by atoms with van der Waals surface area (Å²) in [6.07, 6.45) is 8.25. The lowest BCUT2D eigenvalue weighted by Crippen LogP contribution is -2.38. The summed E-state index contributed by atoms with van der Waals surface area (Å²) in [5.41, 5.74) is 0. The van der Waals surface area contributed by atoms with Crippen molar-refractivity contribution >= 4 is 9.52 Å². The molecule has 1 atom stereocenters. The molecule has 1 rings (SSSR count). The maximum Gasteiger partial charge on any atom is 0.0591 e. The van der Waals surface area contributed by atoms with Crippen LogP contribution in [0.3, 0.4) is 0 Å². The molecule has 1 aliphatic heterocycles. The van der Waals surface area contributed by atoms with E-state index in [1.807, 2.05) is 0 Å². The predicted octanol–water partition coefficient (Wildman–Crippen LogP) is 2.68. The third-order valence-corrected chi connectivity index (χ3v) is 5.58. The lowest BCUT2D eigenvalue weighted by atomic mass is 10.1. The highest BCUT2D eigenvalue weighted by Gasteiger charge is 2.26. The van der Waals surface area contributed by atoms with Gasteiger partial charge in [-0.25, -0.2) is 0 Å². The monoisotopic (exact) mass is 200 g/mol. The van der Waals surface area contributed by atoms with Crippen molar-refractivity contribution in [3.8, 4) is 0 Å². The fourth-order valence-electron chi connectivity index (χ4n) is 2.11. The molecule has 1 aliphatic rings. The standard InChI is InChI=1S/C11H24OSi/c1-3-4-7-10-13-11(2)8-5-6-9-12-11/h3-10,13H2,1-2H3. The van der Waals surface area contributed by atoms with Crippen LogP contribution in [0, 0.1) is 0 Å². The van der Waals surface area contributed by atoms with Crippen LogP contribution in [0.4, 0.5) is 0 Å². The molecule has 2 heteroatoms. The summed E-state index contributed by atoms with van der Waals surface area (Å²) in [5.74, 6) is 0. The zero-order valence-electron chi connectivity index (χ0n) is 9.27. The van der Waals surface area contributed by atoms with Crippen LogP contribution in [-0.4, -0.2) is 21.4 Å². The van der Waals surface area contributed by atoms with Crippen molar-refractivity contribution in [1.82, 2.24) is 0 Å². The van der Waals surface area contributed by atoms with Crippen molar-refractivity contribution in [2.24, 2.45) is 0 Å². The molecule has 0 spiro atoms. The summed E-state index contributed by atoms with van der Waals surface area (Å²) < 4.78 is 5.91. The van der Waals surface area contributed by atoms with Crippen molar-refractivity contribution in [1.29, 1.82) is 0 Å². The summed E-state index contributed by atoms with van der Waals surface area (Å²) in [5, 5.41) is 0.367. The topological polar surface area (TPSA) is 9.23 Å². The molecule has 0 aromatic heterocycles. The second-order valence-electron chi connectivity index (χ2n) is 4.57. The van der Waals surface area contributed by atoms with E-state index in [2.05, 4.69) is 13.8 Å². The highest BCUT2D eigenvalue weighted by molar-refractivity contribution is 6.39. The molecule has 0 amide bonds. The highest BCUT2D eigenvalue weighted by atomic mass is 28.2. The lowest BCUT2D eigenvalue weighted by molar-refractivity contribution is -0.00734. The van der Waals surface area contributed by atoms with E-state index in [0.717, 1.165) is 6.61 Å². The minimum Gasteiger partial charge on any atom is -0.379 e. The molecule has 1 unspecified atom stereocenters. The molecule has 0 N–H and O–H groups in total. The SMILES string of the molecule is CCCCC[SiH2]C1(C)CCCCO1. The first-order valence-electron chi connectivity index (χ1n) is 5.91. The quantitative estimate of drug-likeness (QED) is 0.490. The number of hydrogen-bond donors (Lipinski definition) is 0. The van der Waals surface area contributed by atoms with E-state index >= 15 is 0 Å². The maximum absolute atomic E-state index is 5.91. The first-order valence-corrected chi connectivity index (χ1v) is 7.61. The van der Waals surface area contributed by atoms with Crippen LogP contribution in [0.1, 0.15) is 52.4 Å². The minimum atomic E-state index is 0.0265. The van der Waals surface area contributed by atoms with E-state index < -0.39 is 0 Å². The van der Waals surface area contributed by atoms with Gasteiger partial charge >= 0.3 is 0 Å². The van der Waals surface area contributed by atoms with Crippen LogP contribution in [-0.2, 0) is 4.74 Å². The van der Waals surface area contributed by atoms with Crippen molar-refractivity contribution in [3.63, 3.8) is 0 Å². The summed E-state index contributed by atoms with van der Waals surface area (Å²) in [6.45, 7) is 5.65. The molecule has 0 aliphatic carbocycles. The van der Waals surface area contributed by atoms with Crippen molar-refractivity contribution < 1.29 is 4.74 Å². The van der Waals surface area contributed by atoms with Gasteiger partial charge in [-0.15, -0.1) is 0 Å². The molecule has 1 fully saturated rings. The fraction of sp³-hybridized carbons (Fsp3) is 1.00. The Kier molecular flexibility index (Phi) is 5.03. The molecular formula is C11H24OSi. The normalized spacial score (nSPS) is 30.0. The van der Waals surface area contributed by atoms with Gasteiger partial charge in [-0.3, -0.25) is 0 Å². The van der Waals surface area contributed by atoms with E-state index in [4.69, 9.17) is 4.74 Å². The van der Waals surface area contributed by atoms with Crippen LogP contribution in [0.15, 0.2) is 0 Å². The second-order valence-corrected chi connectivity index (χ2v) is 7.27. The Hall–Kier alpha value is 0.177. The average molecular weight is 200 g/mol. The lowest BCUT2D eigenvalue weighted by Gasteiger charge is -2.33. The first-order chi connectivity index (χ1) is 6.27. The molecule has 0 bridgehead atoms. The van der Waals surface area contributed by atoms with Crippen LogP contribution in [0.2, 0.25) is 6.04 Å². The molecule has 1 nitrogen and oxygen atoms in total. The van der Waals surface area contributed by atoms with Gasteiger partial charge < -0.3 is 4.74 Å². The van der Waals surface area contributed by atoms with Gasteiger partial charge in [-0.1, -0.05) is 32.2 Å². The molecule has 13 heavy (non-hydrogen) atoms. The van der Waals surface area contributed by atoms with E-state index in [1.165, 1.54) is 44.6 Å². The van der Waals surface area contributed by atoms with Gasteiger partial charge in [-0.2, -0.15) is 0 Å². The fourth-order valence-corrected chi connectivity index (χ4v) is 4.25. The van der Waals surface area contributed by atoms with Gasteiger partial charge in [0.05, 0.1) is 9.52 Å². The number of ether oxygens (including phenoxy) is 1. The molecule has 1 heterocycles. The first kappa shape index (κ1) is 11.3. The van der Waals surface area contributed by atoms with Crippen LogP contribution in [0.25, 0.3) is 0 Å². The third kappa shape index (κ3) is 4.27. The van der Waals surface area contributed by atoms with Crippen molar-refractivity contribution in [3.05, 3.63) is 0 Å². The molecule has 0 radical (unpaired) electrons. The molecule has 0 saturated carbocycles. The Labute approximate surface area is 85.1 Å². The summed E-state index contributed by atoms with van der Waals surface area (Å²) >= 11 is 0. The van der Waals surface area contributed by atoms with Gasteiger partial charge in [0.15, 0.2) is 0 Å². The smallest absolute Gasteiger partial charge is 0.0591 e. The molecule has 0 aromatic carbocycles. The number of rotatable bonds is 5. The summed E-state index contributed by atoms with van der Waals surface area (Å²) in [4.78, 5) is 0. The van der Waals surface area contributed by atoms with Crippen molar-refractivity contribution in [2.45, 2.75) is 63.6 Å². The second kappa shape index (κ2) is 5.81. The number of unbranched alkanes of at least 4 members (excludes halogenated alkanes) is 2. The Morgan fingerprint density at radius 3 is 2.77 bits per heavy atom. The highest BCUT2D eigenvalue weighted by Crippen LogP contribution is 2.24. The van der Waals surface area contributed by atoms with Gasteiger partial charge in [0, 0.05) is 11.8 Å². The molecular weight excluding hydrogens is 176 g/mol. The Bertz CT molecular complexity index is 130. The Morgan fingerprint density at radius 1 is 1.31 bits per heavy atom. The Balaban J connectivity index is 2.10. The number of hydrogen-bond acceptors (Lipinski definition) is 1. The van der Waals surface area contributed by atoms with Crippen molar-refractivity contribution in [2.75, 3.05) is 6.61 Å². The minimum absolute atomic E-state index is 0.0265. The van der Waals surface area contributed by atoms with E-state index in [0.29, 0.717) is 5.22 Å². The van der Waals surface area contributed by atoms with Gasteiger partial charge in [-0.05, 0) is 26.2 Å². The zero-order chi connectivity index (χ0) is 9.57. The maximum atomic E-state index is 5.91. The summed E-state index contributed by atoms with van der Waals surface area (Å²) in [6, 6.07) is 1.49. The molecule has 0 aromatic rings. The summed E-state index contributed by atoms with van der Waals surface area (Å²) in [7, 11) is 0.0265. The third-order valence-electron chi connectivity index (χ3n) is 3.11. The predicted molar refractivity (Wildman–Crippen MR) is 61.1 cm³/mol. The van der Waals surface area contributed by atoms with Gasteiger partial charge in [0.1, 0.15) is 0 Å². The average Bonchev–Trinajstić information content (AvgIpc) is 2.14. The van der Waals surface area contributed by atoms with Crippen LogP contribution >= 0.6 is 0 Å². The molecule has 1 saturated heterocycles. The van der Waals surface area contributed by atoms with E-state index in [9.17, 15) is 0 Å². The van der Waals surface area contributed by atoms with E-state index in [1.54, 1.807) is 0 Å². The zero-order valence-corrected chi connectivity index (χ0v) is 10.7.